The van der Waals surface area contributed by atoms with Gasteiger partial charge in [-0.2, -0.15) is 0 Å². The van der Waals surface area contributed by atoms with Crippen LogP contribution >= 0.6 is 0 Å². The lowest BCUT2D eigenvalue weighted by molar-refractivity contribution is -0.176. The second-order valence-electron chi connectivity index (χ2n) is 8.88. The fourth-order valence-corrected chi connectivity index (χ4v) is 5.64. The topological polar surface area (TPSA) is 83.8 Å². The number of hydrogen-bond donors (Lipinski definition) is 2. The van der Waals surface area contributed by atoms with Crippen molar-refractivity contribution >= 4 is 11.8 Å². The highest BCUT2D eigenvalue weighted by Gasteiger charge is 2.64. The van der Waals surface area contributed by atoms with E-state index in [0.717, 1.165) is 24.8 Å². The average Bonchev–Trinajstić information content (AvgIpc) is 2.93. The van der Waals surface area contributed by atoms with E-state index in [1.54, 1.807) is 6.08 Å². The van der Waals surface area contributed by atoms with Gasteiger partial charge in [0.25, 0.3) is 0 Å². The van der Waals surface area contributed by atoms with Gasteiger partial charge in [-0.15, -0.1) is 0 Å². The number of aliphatic hydroxyl groups is 2. The molecule has 0 amide bonds. The Morgan fingerprint density at radius 1 is 1.23 bits per heavy atom. The maximum atomic E-state index is 12.7. The molecule has 1 aliphatic heterocycles. The average molecular weight is 362 g/mol. The highest BCUT2D eigenvalue weighted by Crippen LogP contribution is 2.68. The number of carbonyl (C=O) groups is 2. The summed E-state index contributed by atoms with van der Waals surface area (Å²) in [5.74, 6) is -0.224. The lowest BCUT2D eigenvalue weighted by Crippen LogP contribution is -2.62. The second-order valence-corrected chi connectivity index (χ2v) is 8.88. The molecule has 5 heteroatoms. The van der Waals surface area contributed by atoms with Gasteiger partial charge in [0.15, 0.2) is 0 Å². The van der Waals surface area contributed by atoms with Crippen LogP contribution in [0, 0.1) is 22.2 Å². The normalized spacial score (nSPS) is 45.0. The molecular formula is C21H30O5. The monoisotopic (exact) mass is 362 g/mol. The van der Waals surface area contributed by atoms with Crippen molar-refractivity contribution in [2.45, 2.75) is 59.0 Å². The van der Waals surface area contributed by atoms with Gasteiger partial charge >= 0.3 is 5.97 Å². The quantitative estimate of drug-likeness (QED) is 0.458. The van der Waals surface area contributed by atoms with E-state index in [4.69, 9.17) is 4.74 Å². The van der Waals surface area contributed by atoms with Crippen LogP contribution in [0.5, 0.6) is 0 Å². The summed E-state index contributed by atoms with van der Waals surface area (Å²) in [6.07, 6.45) is 4.33. The molecule has 0 aromatic heterocycles. The Bertz CT molecular complexity index is 680. The zero-order valence-electron chi connectivity index (χ0n) is 16.0. The standard InChI is InChI=1S/C21H30O5/c1-13-7-10-21(4)19(2,9-8-17(24)20(21,3)12-22)15(13)6-5-14-16(23)11-26-18(14)25/h5,15-16,22-23H,1,6-12H2,2-4H3/b14-5+/t15-,16-,19+,20-,21+/m1/s1. The summed E-state index contributed by atoms with van der Waals surface area (Å²) >= 11 is 0. The molecule has 144 valence electrons. The maximum absolute atomic E-state index is 12.7. The SMILES string of the molecule is C=C1CC[C@@]2(C)[C@@](C)(CCC(=O)[C@@]2(C)CO)[C@@H]1C/C=C1/C(=O)OC[C@H]1O. The van der Waals surface area contributed by atoms with E-state index in [1.165, 1.54) is 0 Å². The van der Waals surface area contributed by atoms with E-state index in [1.807, 2.05) is 6.92 Å². The highest BCUT2D eigenvalue weighted by atomic mass is 16.6. The van der Waals surface area contributed by atoms with Crippen LogP contribution in [-0.2, 0) is 14.3 Å². The molecule has 5 atom stereocenters. The first-order chi connectivity index (χ1) is 12.1. The third kappa shape index (κ3) is 2.43. The summed E-state index contributed by atoms with van der Waals surface area (Å²) in [5, 5.41) is 20.1. The van der Waals surface area contributed by atoms with Crippen molar-refractivity contribution in [1.29, 1.82) is 0 Å². The predicted octanol–water partition coefficient (Wildman–Crippen LogP) is 2.56. The van der Waals surface area contributed by atoms with Crippen molar-refractivity contribution in [3.8, 4) is 0 Å². The third-order valence-electron chi connectivity index (χ3n) is 8.03. The molecule has 26 heavy (non-hydrogen) atoms. The Hall–Kier alpha value is -1.46. The Morgan fingerprint density at radius 3 is 2.50 bits per heavy atom. The molecule has 3 fully saturated rings. The van der Waals surface area contributed by atoms with Gasteiger partial charge < -0.3 is 14.9 Å². The van der Waals surface area contributed by atoms with E-state index in [0.29, 0.717) is 18.4 Å². The van der Waals surface area contributed by atoms with E-state index >= 15 is 0 Å². The van der Waals surface area contributed by atoms with Crippen molar-refractivity contribution in [1.82, 2.24) is 0 Å². The number of cyclic esters (lactones) is 1. The minimum Gasteiger partial charge on any atom is -0.459 e. The third-order valence-corrected chi connectivity index (χ3v) is 8.03. The van der Waals surface area contributed by atoms with Gasteiger partial charge in [-0.05, 0) is 49.4 Å². The van der Waals surface area contributed by atoms with Gasteiger partial charge in [0.2, 0.25) is 0 Å². The van der Waals surface area contributed by atoms with Crippen LogP contribution in [0.15, 0.2) is 23.8 Å². The molecule has 5 nitrogen and oxygen atoms in total. The maximum Gasteiger partial charge on any atom is 0.336 e. The fourth-order valence-electron chi connectivity index (χ4n) is 5.64. The van der Waals surface area contributed by atoms with E-state index < -0.39 is 17.5 Å². The number of esters is 1. The van der Waals surface area contributed by atoms with Gasteiger partial charge in [-0.1, -0.05) is 32.1 Å². The minimum absolute atomic E-state index is 0.0162. The Balaban J connectivity index is 1.98. The lowest BCUT2D eigenvalue weighted by atomic mass is 9.39. The van der Waals surface area contributed by atoms with E-state index in [2.05, 4.69) is 20.4 Å². The van der Waals surface area contributed by atoms with Crippen molar-refractivity contribution in [3.63, 3.8) is 0 Å². The van der Waals surface area contributed by atoms with Crippen molar-refractivity contribution in [2.75, 3.05) is 13.2 Å². The molecule has 1 heterocycles. The highest BCUT2D eigenvalue weighted by molar-refractivity contribution is 5.91. The van der Waals surface area contributed by atoms with Gasteiger partial charge in [-0.3, -0.25) is 4.79 Å². The van der Waals surface area contributed by atoms with Crippen LogP contribution in [0.3, 0.4) is 0 Å². The first-order valence-corrected chi connectivity index (χ1v) is 9.48. The molecule has 2 aliphatic carbocycles. The van der Waals surface area contributed by atoms with Crippen LogP contribution in [0.1, 0.15) is 52.9 Å². The first-order valence-electron chi connectivity index (χ1n) is 9.48. The van der Waals surface area contributed by atoms with E-state index in [9.17, 15) is 19.8 Å². The molecule has 0 aromatic rings. The summed E-state index contributed by atoms with van der Waals surface area (Å²) < 4.78 is 4.90. The summed E-state index contributed by atoms with van der Waals surface area (Å²) in [6.45, 7) is 10.4. The number of ether oxygens (including phenoxy) is 1. The number of rotatable bonds is 3. The molecule has 0 aromatic carbocycles. The molecule has 3 aliphatic rings. The number of aliphatic hydroxyl groups excluding tert-OH is 2. The number of hydrogen-bond acceptors (Lipinski definition) is 5. The van der Waals surface area contributed by atoms with E-state index in [-0.39, 0.29) is 35.7 Å². The summed E-state index contributed by atoms with van der Waals surface area (Å²) in [5.41, 5.74) is 0.127. The molecule has 0 radical (unpaired) electrons. The fraction of sp³-hybridized carbons (Fsp3) is 0.714. The number of Topliss-reactive ketones (excluding diaryl/α,β-unsaturated/α-hetero) is 1. The van der Waals surface area contributed by atoms with Crippen LogP contribution < -0.4 is 0 Å². The lowest BCUT2D eigenvalue weighted by Gasteiger charge is -2.64. The predicted molar refractivity (Wildman–Crippen MR) is 97.2 cm³/mol. The molecule has 2 N–H and O–H groups in total. The minimum atomic E-state index is -0.866. The van der Waals surface area contributed by atoms with Crippen molar-refractivity contribution in [3.05, 3.63) is 23.8 Å². The smallest absolute Gasteiger partial charge is 0.336 e. The van der Waals surface area contributed by atoms with Crippen LogP contribution in [0.4, 0.5) is 0 Å². The van der Waals surface area contributed by atoms with Gasteiger partial charge in [0.1, 0.15) is 18.5 Å². The van der Waals surface area contributed by atoms with Gasteiger partial charge in [-0.25, -0.2) is 4.79 Å². The largest absolute Gasteiger partial charge is 0.459 e. The summed E-state index contributed by atoms with van der Waals surface area (Å²) in [4.78, 5) is 24.5. The number of carbonyl (C=O) groups excluding carboxylic acids is 2. The van der Waals surface area contributed by atoms with Crippen LogP contribution in [0.25, 0.3) is 0 Å². The number of allylic oxidation sites excluding steroid dienone is 2. The second kappa shape index (κ2) is 6.31. The van der Waals surface area contributed by atoms with Gasteiger partial charge in [0, 0.05) is 6.42 Å². The van der Waals surface area contributed by atoms with Crippen LogP contribution in [0.2, 0.25) is 0 Å². The number of fused-ring (bicyclic) bond motifs is 1. The molecular weight excluding hydrogens is 332 g/mol. The van der Waals surface area contributed by atoms with Crippen LogP contribution in [-0.4, -0.2) is 41.3 Å². The Kier molecular flexibility index (Phi) is 4.68. The molecule has 1 saturated heterocycles. The first kappa shape index (κ1) is 19.3. The molecule has 0 spiro atoms. The zero-order valence-corrected chi connectivity index (χ0v) is 16.0. The van der Waals surface area contributed by atoms with Gasteiger partial charge in [0.05, 0.1) is 17.6 Å². The van der Waals surface area contributed by atoms with Crippen molar-refractivity contribution in [2.24, 2.45) is 22.2 Å². The Labute approximate surface area is 155 Å². The molecule has 3 rings (SSSR count). The molecule has 0 bridgehead atoms. The number of ketones is 1. The summed E-state index contributed by atoms with van der Waals surface area (Å²) in [7, 11) is 0. The molecule has 2 saturated carbocycles. The molecule has 0 unspecified atom stereocenters. The van der Waals surface area contributed by atoms with Crippen molar-refractivity contribution < 1.29 is 24.5 Å². The Morgan fingerprint density at radius 2 is 1.92 bits per heavy atom. The zero-order chi connectivity index (χ0) is 19.3. The summed E-state index contributed by atoms with van der Waals surface area (Å²) in [6, 6.07) is 0.